The van der Waals surface area contributed by atoms with Gasteiger partial charge in [-0.1, -0.05) is 0 Å². The number of hydrogen-bond donors (Lipinski definition) is 2. The van der Waals surface area contributed by atoms with Crippen molar-refractivity contribution >= 4 is 17.7 Å². The third kappa shape index (κ3) is 2.32. The zero-order valence-corrected chi connectivity index (χ0v) is 15.2. The molecule has 8 nitrogen and oxygen atoms in total. The van der Waals surface area contributed by atoms with Gasteiger partial charge >= 0.3 is 0 Å². The van der Waals surface area contributed by atoms with E-state index in [9.17, 15) is 19.2 Å². The highest BCUT2D eigenvalue weighted by Crippen LogP contribution is 2.50. The first-order chi connectivity index (χ1) is 12.9. The summed E-state index contributed by atoms with van der Waals surface area (Å²) in [7, 11) is 0. The topological polar surface area (TPSA) is 101 Å². The quantitative estimate of drug-likeness (QED) is 0.705. The smallest absolute Gasteiger partial charge is 0.256 e. The fourth-order valence-electron chi connectivity index (χ4n) is 5.07. The summed E-state index contributed by atoms with van der Waals surface area (Å²) in [6.07, 6.45) is 4.29. The molecule has 0 aromatic carbocycles. The minimum absolute atomic E-state index is 0.120. The average molecular weight is 370 g/mol. The van der Waals surface area contributed by atoms with Crippen LogP contribution in [0.2, 0.25) is 0 Å². The lowest BCUT2D eigenvalue weighted by Gasteiger charge is -2.54. The number of aryl methyl sites for hydroxylation is 1. The molecular formula is C19H22N4O4. The van der Waals surface area contributed by atoms with E-state index in [1.165, 1.54) is 4.90 Å². The third-order valence-electron chi connectivity index (χ3n) is 6.64. The second-order valence-electron chi connectivity index (χ2n) is 8.44. The Morgan fingerprint density at radius 3 is 2.52 bits per heavy atom. The van der Waals surface area contributed by atoms with Crippen LogP contribution in [-0.2, 0) is 16.1 Å². The monoisotopic (exact) mass is 370 g/mol. The molecule has 3 aliphatic heterocycles. The number of hydrogen-bond acceptors (Lipinski definition) is 5. The van der Waals surface area contributed by atoms with Crippen molar-refractivity contribution in [2.75, 3.05) is 13.1 Å². The van der Waals surface area contributed by atoms with Gasteiger partial charge in [0, 0.05) is 37.3 Å². The van der Waals surface area contributed by atoms with Gasteiger partial charge in [0.1, 0.15) is 6.04 Å². The molecule has 1 aliphatic carbocycles. The van der Waals surface area contributed by atoms with E-state index in [0.717, 1.165) is 31.5 Å². The van der Waals surface area contributed by atoms with Crippen molar-refractivity contribution < 1.29 is 14.4 Å². The summed E-state index contributed by atoms with van der Waals surface area (Å²) in [6, 6.07) is -0.508. The number of imide groups is 1. The van der Waals surface area contributed by atoms with Crippen molar-refractivity contribution in [1.82, 2.24) is 20.1 Å². The Hall–Kier alpha value is -2.48. The summed E-state index contributed by atoms with van der Waals surface area (Å²) in [5, 5.41) is 5.59. The number of carbonyl (C=O) groups is 3. The summed E-state index contributed by atoms with van der Waals surface area (Å²) in [4.78, 5) is 51.0. The van der Waals surface area contributed by atoms with Crippen LogP contribution in [-0.4, -0.2) is 46.3 Å². The van der Waals surface area contributed by atoms with E-state index >= 15 is 0 Å². The van der Waals surface area contributed by atoms with Gasteiger partial charge in [-0.3, -0.25) is 24.5 Å². The number of aromatic nitrogens is 1. The number of fused-ring (bicyclic) bond motifs is 1. The fourth-order valence-corrected chi connectivity index (χ4v) is 5.07. The van der Waals surface area contributed by atoms with Crippen LogP contribution in [0.25, 0.3) is 0 Å². The Labute approximate surface area is 155 Å². The van der Waals surface area contributed by atoms with Crippen molar-refractivity contribution in [2.24, 2.45) is 5.41 Å². The first-order valence-electron chi connectivity index (χ1n) is 9.49. The van der Waals surface area contributed by atoms with E-state index in [1.54, 1.807) is 10.8 Å². The number of amides is 3. The van der Waals surface area contributed by atoms with Crippen molar-refractivity contribution in [2.45, 2.75) is 51.2 Å². The Morgan fingerprint density at radius 2 is 1.89 bits per heavy atom. The number of piperidine rings is 1. The number of nitrogens with one attached hydrogen (secondary N) is 2. The Bertz CT molecular complexity index is 938. The van der Waals surface area contributed by atoms with Crippen LogP contribution >= 0.6 is 0 Å². The molecule has 1 spiro atoms. The Balaban J connectivity index is 1.45. The standard InChI is InChI=1S/C19H22N4O4/c1-10-6-22(11-4-19(5-11)8-20-9-19)17(26)12-7-23(18(27)15(10)12)13-2-3-14(24)21-16(13)25/h6,11,13,20H,2-5,7-9H2,1H3,(H,21,24,25)/t13-/m1/s1. The summed E-state index contributed by atoms with van der Waals surface area (Å²) in [5.74, 6) is -1.05. The van der Waals surface area contributed by atoms with Gasteiger partial charge < -0.3 is 14.8 Å². The highest BCUT2D eigenvalue weighted by molar-refractivity contribution is 6.05. The molecule has 142 valence electrons. The summed E-state index contributed by atoms with van der Waals surface area (Å²) < 4.78 is 1.79. The molecule has 1 aromatic heterocycles. The predicted molar refractivity (Wildman–Crippen MR) is 95.1 cm³/mol. The van der Waals surface area contributed by atoms with Crippen LogP contribution < -0.4 is 16.2 Å². The second kappa shape index (κ2) is 5.51. The van der Waals surface area contributed by atoms with Gasteiger partial charge in [-0.15, -0.1) is 0 Å². The van der Waals surface area contributed by atoms with Crippen LogP contribution in [0.1, 0.15) is 53.2 Å². The molecule has 3 amide bonds. The first-order valence-corrected chi connectivity index (χ1v) is 9.49. The van der Waals surface area contributed by atoms with Crippen molar-refractivity contribution in [1.29, 1.82) is 0 Å². The van der Waals surface area contributed by atoms with Crippen LogP contribution in [0.3, 0.4) is 0 Å². The molecule has 1 aromatic rings. The fraction of sp³-hybridized carbons (Fsp3) is 0.579. The lowest BCUT2D eigenvalue weighted by atomic mass is 9.61. The molecule has 1 atom stereocenters. The van der Waals surface area contributed by atoms with E-state index in [1.807, 2.05) is 6.92 Å². The molecule has 0 bridgehead atoms. The van der Waals surface area contributed by atoms with Crippen LogP contribution in [0, 0.1) is 12.3 Å². The maximum absolute atomic E-state index is 13.1. The molecule has 27 heavy (non-hydrogen) atoms. The van der Waals surface area contributed by atoms with Crippen molar-refractivity contribution in [3.63, 3.8) is 0 Å². The third-order valence-corrected chi connectivity index (χ3v) is 6.64. The summed E-state index contributed by atoms with van der Waals surface area (Å²) in [5.41, 5.74) is 1.92. The molecule has 4 aliphatic rings. The molecule has 2 saturated heterocycles. The highest BCUT2D eigenvalue weighted by Gasteiger charge is 2.50. The van der Waals surface area contributed by atoms with E-state index in [2.05, 4.69) is 10.6 Å². The molecular weight excluding hydrogens is 348 g/mol. The average Bonchev–Trinajstić information content (AvgIpc) is 2.87. The Kier molecular flexibility index (Phi) is 3.40. The van der Waals surface area contributed by atoms with Gasteiger partial charge in [-0.25, -0.2) is 0 Å². The minimum atomic E-state index is -0.692. The van der Waals surface area contributed by atoms with Gasteiger partial charge in [-0.05, 0) is 37.2 Å². The maximum Gasteiger partial charge on any atom is 0.256 e. The van der Waals surface area contributed by atoms with E-state index < -0.39 is 11.9 Å². The lowest BCUT2D eigenvalue weighted by Crippen LogP contribution is -2.61. The number of carbonyl (C=O) groups excluding carboxylic acids is 3. The Morgan fingerprint density at radius 1 is 1.15 bits per heavy atom. The lowest BCUT2D eigenvalue weighted by molar-refractivity contribution is -0.136. The van der Waals surface area contributed by atoms with E-state index in [4.69, 9.17) is 0 Å². The minimum Gasteiger partial charge on any atom is -0.322 e. The number of pyridine rings is 1. The second-order valence-corrected chi connectivity index (χ2v) is 8.44. The van der Waals surface area contributed by atoms with Gasteiger partial charge in [0.05, 0.1) is 12.1 Å². The predicted octanol–water partition coefficient (Wildman–Crippen LogP) is -0.158. The molecule has 4 heterocycles. The molecule has 5 rings (SSSR count). The largest absolute Gasteiger partial charge is 0.322 e. The van der Waals surface area contributed by atoms with Crippen LogP contribution in [0.5, 0.6) is 0 Å². The van der Waals surface area contributed by atoms with Gasteiger partial charge in [0.25, 0.3) is 11.5 Å². The molecule has 1 saturated carbocycles. The maximum atomic E-state index is 13.1. The SMILES string of the molecule is Cc1cn(C2CC3(CNC3)C2)c(=O)c2c1C(=O)N([C@@H]1CCC(=O)NC1=O)C2. The van der Waals surface area contributed by atoms with Crippen LogP contribution in [0.15, 0.2) is 11.0 Å². The van der Waals surface area contributed by atoms with Gasteiger partial charge in [0.15, 0.2) is 0 Å². The van der Waals surface area contributed by atoms with E-state index in [-0.39, 0.29) is 36.4 Å². The van der Waals surface area contributed by atoms with Gasteiger partial charge in [0.2, 0.25) is 11.8 Å². The summed E-state index contributed by atoms with van der Waals surface area (Å²) >= 11 is 0. The van der Waals surface area contributed by atoms with Crippen molar-refractivity contribution in [3.05, 3.63) is 33.2 Å². The first kappa shape index (κ1) is 16.7. The molecule has 0 unspecified atom stereocenters. The normalized spacial score (nSPS) is 26.6. The van der Waals surface area contributed by atoms with Gasteiger partial charge in [-0.2, -0.15) is 0 Å². The molecule has 2 N–H and O–H groups in total. The summed E-state index contributed by atoms with van der Waals surface area (Å²) in [6.45, 7) is 4.02. The molecule has 3 fully saturated rings. The zero-order chi connectivity index (χ0) is 18.9. The molecule has 0 radical (unpaired) electrons. The van der Waals surface area contributed by atoms with Crippen molar-refractivity contribution in [3.8, 4) is 0 Å². The number of nitrogens with zero attached hydrogens (tertiary/aromatic N) is 2. The molecule has 8 heteroatoms. The highest BCUT2D eigenvalue weighted by atomic mass is 16.2. The zero-order valence-electron chi connectivity index (χ0n) is 15.2. The number of rotatable bonds is 2. The van der Waals surface area contributed by atoms with E-state index in [0.29, 0.717) is 23.0 Å². The van der Waals surface area contributed by atoms with Crippen LogP contribution in [0.4, 0.5) is 0 Å².